The molecule has 3 rings (SSSR count). The summed E-state index contributed by atoms with van der Waals surface area (Å²) in [7, 11) is 1.73. The molecule has 0 bridgehead atoms. The third-order valence-corrected chi connectivity index (χ3v) is 3.62. The van der Waals surface area contributed by atoms with E-state index in [0.29, 0.717) is 17.3 Å². The third kappa shape index (κ3) is 3.57. The Morgan fingerprint density at radius 1 is 1.17 bits per heavy atom. The molecule has 5 nitrogen and oxygen atoms in total. The van der Waals surface area contributed by atoms with Crippen LogP contribution in [-0.4, -0.2) is 32.8 Å². The first kappa shape index (κ1) is 15.2. The van der Waals surface area contributed by atoms with Crippen molar-refractivity contribution in [2.45, 2.75) is 6.54 Å². The monoisotopic (exact) mass is 326 g/mol. The van der Waals surface area contributed by atoms with Crippen LogP contribution in [0.25, 0.3) is 5.69 Å². The number of benzene rings is 2. The fourth-order valence-corrected chi connectivity index (χ4v) is 2.46. The Kier molecular flexibility index (Phi) is 4.39. The molecule has 0 fully saturated rings. The molecule has 0 saturated carbocycles. The largest absolute Gasteiger partial charge is 0.336 e. The van der Waals surface area contributed by atoms with Crippen LogP contribution in [0.2, 0.25) is 5.02 Å². The quantitative estimate of drug-likeness (QED) is 0.740. The van der Waals surface area contributed by atoms with Gasteiger partial charge in [-0.3, -0.25) is 4.79 Å². The SMILES string of the molecule is CN(Cc1cccc(Cl)c1)C(=O)c1cn(-c2ccccc2)nn1. The summed E-state index contributed by atoms with van der Waals surface area (Å²) in [6.45, 7) is 0.456. The summed E-state index contributed by atoms with van der Waals surface area (Å²) in [5.41, 5.74) is 2.12. The molecule has 0 N–H and O–H groups in total. The molecule has 3 aromatic rings. The summed E-state index contributed by atoms with van der Waals surface area (Å²) in [5.74, 6) is -0.188. The van der Waals surface area contributed by atoms with E-state index in [0.717, 1.165) is 11.3 Å². The Labute approximate surface area is 139 Å². The van der Waals surface area contributed by atoms with Gasteiger partial charge in [-0.1, -0.05) is 47.1 Å². The van der Waals surface area contributed by atoms with Crippen LogP contribution in [-0.2, 0) is 6.54 Å². The van der Waals surface area contributed by atoms with Crippen LogP contribution in [0.1, 0.15) is 16.1 Å². The zero-order valence-electron chi connectivity index (χ0n) is 12.6. The smallest absolute Gasteiger partial charge is 0.276 e. The maximum Gasteiger partial charge on any atom is 0.276 e. The molecule has 23 heavy (non-hydrogen) atoms. The van der Waals surface area contributed by atoms with E-state index in [-0.39, 0.29) is 5.91 Å². The predicted molar refractivity (Wildman–Crippen MR) is 88.6 cm³/mol. The molecule has 0 saturated heterocycles. The lowest BCUT2D eigenvalue weighted by atomic mass is 10.2. The van der Waals surface area contributed by atoms with Gasteiger partial charge in [0.2, 0.25) is 0 Å². The molecule has 1 amide bonds. The molecule has 0 aliphatic heterocycles. The average molecular weight is 327 g/mol. The minimum absolute atomic E-state index is 0.188. The van der Waals surface area contributed by atoms with E-state index in [1.54, 1.807) is 28.9 Å². The second-order valence-corrected chi connectivity index (χ2v) is 5.61. The Hall–Kier alpha value is -2.66. The normalized spacial score (nSPS) is 10.5. The first-order chi connectivity index (χ1) is 11.1. The molecule has 6 heteroatoms. The van der Waals surface area contributed by atoms with Gasteiger partial charge >= 0.3 is 0 Å². The zero-order valence-corrected chi connectivity index (χ0v) is 13.3. The highest BCUT2D eigenvalue weighted by Crippen LogP contribution is 2.13. The molecule has 1 aromatic heterocycles. The van der Waals surface area contributed by atoms with Gasteiger partial charge in [0.15, 0.2) is 5.69 Å². The average Bonchev–Trinajstić information content (AvgIpc) is 3.05. The highest BCUT2D eigenvalue weighted by atomic mass is 35.5. The first-order valence-electron chi connectivity index (χ1n) is 7.11. The van der Waals surface area contributed by atoms with Gasteiger partial charge in [-0.05, 0) is 29.8 Å². The predicted octanol–water partition coefficient (Wildman–Crippen LogP) is 3.19. The molecule has 1 heterocycles. The van der Waals surface area contributed by atoms with E-state index in [1.165, 1.54) is 0 Å². The van der Waals surface area contributed by atoms with Gasteiger partial charge in [-0.2, -0.15) is 0 Å². The summed E-state index contributed by atoms with van der Waals surface area (Å²) in [4.78, 5) is 14.0. The van der Waals surface area contributed by atoms with Crippen molar-refractivity contribution >= 4 is 17.5 Å². The molecule has 0 atom stereocenters. The van der Waals surface area contributed by atoms with Crippen molar-refractivity contribution in [1.29, 1.82) is 0 Å². The van der Waals surface area contributed by atoms with Crippen LogP contribution in [0.5, 0.6) is 0 Å². The standard InChI is InChI=1S/C17H15ClN4O/c1-21(11-13-6-5-7-14(18)10-13)17(23)16-12-22(20-19-16)15-8-3-2-4-9-15/h2-10,12H,11H2,1H3. The summed E-state index contributed by atoms with van der Waals surface area (Å²) in [6.07, 6.45) is 1.63. The van der Waals surface area contributed by atoms with Crippen molar-refractivity contribution in [2.24, 2.45) is 0 Å². The maximum atomic E-state index is 12.5. The third-order valence-electron chi connectivity index (χ3n) is 3.39. The minimum atomic E-state index is -0.188. The van der Waals surface area contributed by atoms with Gasteiger partial charge in [-0.15, -0.1) is 5.10 Å². The summed E-state index contributed by atoms with van der Waals surface area (Å²) in [6, 6.07) is 17.0. The van der Waals surface area contributed by atoms with Crippen LogP contribution in [0.4, 0.5) is 0 Å². The summed E-state index contributed by atoms with van der Waals surface area (Å²) >= 11 is 5.97. The highest BCUT2D eigenvalue weighted by Gasteiger charge is 2.16. The van der Waals surface area contributed by atoms with E-state index in [2.05, 4.69) is 10.3 Å². The molecular formula is C17H15ClN4O. The van der Waals surface area contributed by atoms with E-state index in [9.17, 15) is 4.79 Å². The Morgan fingerprint density at radius 3 is 2.70 bits per heavy atom. The van der Waals surface area contributed by atoms with Crippen molar-refractivity contribution in [3.8, 4) is 5.69 Å². The number of halogens is 1. The van der Waals surface area contributed by atoms with Crippen LogP contribution >= 0.6 is 11.6 Å². The van der Waals surface area contributed by atoms with E-state index in [4.69, 9.17) is 11.6 Å². The van der Waals surface area contributed by atoms with Gasteiger partial charge in [-0.25, -0.2) is 4.68 Å². The number of carbonyl (C=O) groups excluding carboxylic acids is 1. The minimum Gasteiger partial charge on any atom is -0.336 e. The van der Waals surface area contributed by atoms with Gasteiger partial charge in [0.1, 0.15) is 0 Å². The topological polar surface area (TPSA) is 51.0 Å². The van der Waals surface area contributed by atoms with Crippen LogP contribution in [0.3, 0.4) is 0 Å². The van der Waals surface area contributed by atoms with Crippen LogP contribution in [0.15, 0.2) is 60.8 Å². The second kappa shape index (κ2) is 6.62. The highest BCUT2D eigenvalue weighted by molar-refractivity contribution is 6.30. The number of para-hydroxylation sites is 1. The molecule has 0 unspecified atom stereocenters. The Morgan fingerprint density at radius 2 is 1.96 bits per heavy atom. The van der Waals surface area contributed by atoms with Crippen LogP contribution in [0, 0.1) is 0 Å². The number of hydrogen-bond acceptors (Lipinski definition) is 3. The molecule has 0 radical (unpaired) electrons. The van der Waals surface area contributed by atoms with E-state index < -0.39 is 0 Å². The fraction of sp³-hybridized carbons (Fsp3) is 0.118. The van der Waals surface area contributed by atoms with Crippen molar-refractivity contribution in [1.82, 2.24) is 19.9 Å². The lowest BCUT2D eigenvalue weighted by molar-refractivity contribution is 0.0779. The first-order valence-corrected chi connectivity index (χ1v) is 7.49. The second-order valence-electron chi connectivity index (χ2n) is 5.18. The number of amides is 1. The summed E-state index contributed by atoms with van der Waals surface area (Å²) < 4.78 is 1.58. The Balaban J connectivity index is 1.74. The van der Waals surface area contributed by atoms with E-state index >= 15 is 0 Å². The van der Waals surface area contributed by atoms with Gasteiger partial charge in [0, 0.05) is 18.6 Å². The lowest BCUT2D eigenvalue weighted by Gasteiger charge is -2.15. The molecular weight excluding hydrogens is 312 g/mol. The summed E-state index contributed by atoms with van der Waals surface area (Å²) in [5, 5.41) is 8.63. The number of hydrogen-bond donors (Lipinski definition) is 0. The molecule has 2 aromatic carbocycles. The van der Waals surface area contributed by atoms with Crippen molar-refractivity contribution in [3.05, 3.63) is 77.1 Å². The molecule has 0 aliphatic carbocycles. The van der Waals surface area contributed by atoms with Crippen molar-refractivity contribution in [2.75, 3.05) is 7.05 Å². The number of aromatic nitrogens is 3. The molecule has 116 valence electrons. The number of carbonyl (C=O) groups is 1. The number of rotatable bonds is 4. The fourth-order valence-electron chi connectivity index (χ4n) is 2.25. The Bertz CT molecular complexity index is 816. The number of nitrogens with zero attached hydrogens (tertiary/aromatic N) is 4. The van der Waals surface area contributed by atoms with Gasteiger partial charge in [0.25, 0.3) is 5.91 Å². The van der Waals surface area contributed by atoms with Gasteiger partial charge in [0.05, 0.1) is 11.9 Å². The lowest BCUT2D eigenvalue weighted by Crippen LogP contribution is -2.26. The maximum absolute atomic E-state index is 12.5. The molecule has 0 spiro atoms. The van der Waals surface area contributed by atoms with Gasteiger partial charge < -0.3 is 4.90 Å². The van der Waals surface area contributed by atoms with Crippen molar-refractivity contribution < 1.29 is 4.79 Å². The van der Waals surface area contributed by atoms with Crippen molar-refractivity contribution in [3.63, 3.8) is 0 Å². The van der Waals surface area contributed by atoms with E-state index in [1.807, 2.05) is 48.5 Å². The molecule has 0 aliphatic rings. The van der Waals surface area contributed by atoms with Crippen LogP contribution < -0.4 is 0 Å². The zero-order chi connectivity index (χ0) is 16.2.